The monoisotopic (exact) mass is 582 g/mol. The molecular weight excluding hydrogens is 558 g/mol. The van der Waals surface area contributed by atoms with Gasteiger partial charge in [0.1, 0.15) is 24.7 Å². The highest BCUT2D eigenvalue weighted by atomic mass is 32.2. The van der Waals surface area contributed by atoms with E-state index in [0.717, 1.165) is 36.4 Å². The molecule has 14 heteroatoms. The van der Waals surface area contributed by atoms with Crippen molar-refractivity contribution in [2.45, 2.75) is 50.9 Å². The van der Waals surface area contributed by atoms with Crippen LogP contribution in [0.4, 0.5) is 43.9 Å². The van der Waals surface area contributed by atoms with Gasteiger partial charge in [-0.05, 0) is 49.9 Å². The number of halogens is 10. The van der Waals surface area contributed by atoms with Gasteiger partial charge in [0.05, 0.1) is 11.1 Å². The van der Waals surface area contributed by atoms with Crippen molar-refractivity contribution in [1.29, 1.82) is 0 Å². The van der Waals surface area contributed by atoms with E-state index in [1.807, 2.05) is 0 Å². The van der Waals surface area contributed by atoms with Gasteiger partial charge in [-0.3, -0.25) is 4.21 Å². The summed E-state index contributed by atoms with van der Waals surface area (Å²) in [5.41, 5.74) is -2.87. The Morgan fingerprint density at radius 2 is 1.03 bits per heavy atom. The molecule has 0 fully saturated rings. The van der Waals surface area contributed by atoms with Gasteiger partial charge < -0.3 is 9.47 Å². The number of hydrogen-bond acceptors (Lipinski definition) is 3. The average Bonchev–Trinajstić information content (AvgIpc) is 2.80. The summed E-state index contributed by atoms with van der Waals surface area (Å²) >= 11 is 0. The average molecular weight is 583 g/mol. The third kappa shape index (κ3) is 9.99. The Labute approximate surface area is 214 Å². The van der Waals surface area contributed by atoms with Crippen molar-refractivity contribution in [2.24, 2.45) is 0 Å². The van der Waals surface area contributed by atoms with Crippen LogP contribution in [-0.2, 0) is 36.0 Å². The molecule has 0 bridgehead atoms. The molecule has 0 aromatic heterocycles. The molecule has 0 atom stereocenters. The summed E-state index contributed by atoms with van der Waals surface area (Å²) in [7, 11) is -1.64. The number of rotatable bonds is 14. The summed E-state index contributed by atoms with van der Waals surface area (Å²) in [5, 5.41) is 0. The quantitative estimate of drug-likeness (QED) is 0.219. The van der Waals surface area contributed by atoms with Crippen LogP contribution in [0.3, 0.4) is 0 Å². The van der Waals surface area contributed by atoms with Crippen LogP contribution in [0.2, 0.25) is 0 Å². The van der Waals surface area contributed by atoms with E-state index in [-0.39, 0.29) is 59.8 Å². The second-order valence-electron chi connectivity index (χ2n) is 8.02. The minimum Gasteiger partial charge on any atom is -0.487 e. The van der Waals surface area contributed by atoms with Gasteiger partial charge >= 0.3 is 12.4 Å². The minimum absolute atomic E-state index is 0.0490. The van der Waals surface area contributed by atoms with E-state index in [0.29, 0.717) is 0 Å². The maximum atomic E-state index is 13.4. The van der Waals surface area contributed by atoms with Gasteiger partial charge in [0.2, 0.25) is 0 Å². The largest absolute Gasteiger partial charge is 0.487 e. The second-order valence-corrected chi connectivity index (χ2v) is 9.72. The summed E-state index contributed by atoms with van der Waals surface area (Å²) in [5.74, 6) is -0.969. The fourth-order valence-electron chi connectivity index (χ4n) is 3.68. The second kappa shape index (κ2) is 14.0. The maximum Gasteiger partial charge on any atom is 0.416 e. The first-order valence-corrected chi connectivity index (χ1v) is 12.7. The zero-order valence-corrected chi connectivity index (χ0v) is 20.5. The minimum atomic E-state index is -4.78. The summed E-state index contributed by atoms with van der Waals surface area (Å²) in [6.45, 7) is -2.22. The van der Waals surface area contributed by atoms with Gasteiger partial charge in [0.15, 0.2) is 0 Å². The summed E-state index contributed by atoms with van der Waals surface area (Å²) in [6, 6.07) is 5.82. The summed E-state index contributed by atoms with van der Waals surface area (Å²) in [6.07, 6.45) is -16.1. The molecular formula is C24H24F10O3S. The predicted octanol–water partition coefficient (Wildman–Crippen LogP) is 7.33. The van der Waals surface area contributed by atoms with E-state index in [2.05, 4.69) is 0 Å². The first-order valence-electron chi connectivity index (χ1n) is 11.2. The zero-order valence-electron chi connectivity index (χ0n) is 19.7. The van der Waals surface area contributed by atoms with Crippen LogP contribution in [0.15, 0.2) is 36.4 Å². The molecule has 3 nitrogen and oxygen atoms in total. The molecule has 0 amide bonds. The molecule has 0 radical (unpaired) electrons. The van der Waals surface area contributed by atoms with Crippen LogP contribution < -0.4 is 9.47 Å². The smallest absolute Gasteiger partial charge is 0.416 e. The van der Waals surface area contributed by atoms with E-state index in [4.69, 9.17) is 9.47 Å². The van der Waals surface area contributed by atoms with Crippen molar-refractivity contribution in [3.8, 4) is 11.5 Å². The summed E-state index contributed by atoms with van der Waals surface area (Å²) < 4.78 is 152. The lowest BCUT2D eigenvalue weighted by atomic mass is 10.0. The highest BCUT2D eigenvalue weighted by molar-refractivity contribution is 7.84. The molecule has 0 spiro atoms. The molecule has 0 aliphatic rings. The van der Waals surface area contributed by atoms with Gasteiger partial charge in [-0.15, -0.1) is 0 Å². The van der Waals surface area contributed by atoms with Gasteiger partial charge in [-0.2, -0.15) is 26.3 Å². The van der Waals surface area contributed by atoms with E-state index in [1.165, 1.54) is 0 Å². The van der Waals surface area contributed by atoms with Crippen molar-refractivity contribution in [3.05, 3.63) is 58.7 Å². The van der Waals surface area contributed by atoms with Gasteiger partial charge in [-0.1, -0.05) is 12.1 Å². The third-order valence-corrected chi connectivity index (χ3v) is 6.69. The highest BCUT2D eigenvalue weighted by Gasteiger charge is 2.35. The topological polar surface area (TPSA) is 35.5 Å². The molecule has 0 saturated carbocycles. The van der Waals surface area contributed by atoms with Crippen molar-refractivity contribution >= 4 is 10.8 Å². The van der Waals surface area contributed by atoms with E-state index >= 15 is 0 Å². The fourth-order valence-corrected chi connectivity index (χ4v) is 4.81. The molecule has 0 heterocycles. The van der Waals surface area contributed by atoms with Crippen molar-refractivity contribution in [3.63, 3.8) is 0 Å². The molecule has 0 saturated heterocycles. The number of alkyl halides is 10. The van der Waals surface area contributed by atoms with Crippen LogP contribution >= 0.6 is 0 Å². The van der Waals surface area contributed by atoms with E-state index in [9.17, 15) is 48.1 Å². The predicted molar refractivity (Wildman–Crippen MR) is 120 cm³/mol. The van der Waals surface area contributed by atoms with Gasteiger partial charge in [0, 0.05) is 33.4 Å². The first kappa shape index (κ1) is 31.7. The van der Waals surface area contributed by atoms with Crippen LogP contribution in [0.25, 0.3) is 0 Å². The number of hydrogen-bond donors (Lipinski definition) is 0. The van der Waals surface area contributed by atoms with Crippen LogP contribution in [0.1, 0.15) is 35.1 Å². The Balaban J connectivity index is 2.03. The van der Waals surface area contributed by atoms with Gasteiger partial charge in [-0.25, -0.2) is 17.6 Å². The Bertz CT molecular complexity index is 973. The molecule has 2 aromatic carbocycles. The van der Waals surface area contributed by atoms with Crippen LogP contribution in [0.5, 0.6) is 11.5 Å². The molecule has 2 aromatic rings. The summed E-state index contributed by atoms with van der Waals surface area (Å²) in [4.78, 5) is 0. The molecule has 2 rings (SSSR count). The molecule has 214 valence electrons. The number of ether oxygens (including phenoxy) is 2. The van der Waals surface area contributed by atoms with Crippen LogP contribution in [-0.4, -0.2) is 41.8 Å². The first-order chi connectivity index (χ1) is 17.7. The van der Waals surface area contributed by atoms with Gasteiger partial charge in [0.25, 0.3) is 12.9 Å². The molecule has 0 unspecified atom stereocenters. The highest BCUT2D eigenvalue weighted by Crippen LogP contribution is 2.38. The fraction of sp³-hybridized carbons (Fsp3) is 0.500. The Hall–Kier alpha value is -2.51. The zero-order chi connectivity index (χ0) is 28.5. The van der Waals surface area contributed by atoms with Crippen LogP contribution in [0, 0.1) is 0 Å². The van der Waals surface area contributed by atoms with E-state index in [1.54, 1.807) is 0 Å². The van der Waals surface area contributed by atoms with Crippen molar-refractivity contribution < 1.29 is 57.6 Å². The SMILES string of the molecule is O=S(CCCc1c(OCC(F)F)cccc1C(F)(F)F)CCCc1c(OCC(F)F)cccc1C(F)(F)F. The molecule has 0 aliphatic carbocycles. The maximum absolute atomic E-state index is 13.4. The Morgan fingerprint density at radius 1 is 0.658 bits per heavy atom. The lowest BCUT2D eigenvalue weighted by molar-refractivity contribution is -0.139. The Morgan fingerprint density at radius 3 is 1.34 bits per heavy atom. The molecule has 0 N–H and O–H groups in total. The lowest BCUT2D eigenvalue weighted by Gasteiger charge is -2.18. The lowest BCUT2D eigenvalue weighted by Crippen LogP contribution is -2.15. The third-order valence-electron chi connectivity index (χ3n) is 5.20. The molecule has 38 heavy (non-hydrogen) atoms. The van der Waals surface area contributed by atoms with Crippen molar-refractivity contribution in [1.82, 2.24) is 0 Å². The standard InChI is InChI=1S/C24H24F10O3S/c25-21(26)13-36-19-9-1-7-17(23(29,30)31)15(19)5-3-11-38(35)12-4-6-16-18(24(32,33)34)8-2-10-20(16)37-14-22(27)28/h1-2,7-10,21-22H,3-6,11-14H2. The van der Waals surface area contributed by atoms with Crippen molar-refractivity contribution in [2.75, 3.05) is 24.7 Å². The number of benzene rings is 2. The molecule has 0 aliphatic heterocycles. The normalized spacial score (nSPS) is 12.6. The van der Waals surface area contributed by atoms with E-state index < -0.39 is 60.3 Å². The Kier molecular flexibility index (Phi) is 11.7.